The predicted octanol–water partition coefficient (Wildman–Crippen LogP) is 4.25. The van der Waals surface area contributed by atoms with E-state index in [1.165, 1.54) is 16.2 Å². The summed E-state index contributed by atoms with van der Waals surface area (Å²) in [5.41, 5.74) is 1.18. The number of carbonyl (C=O) groups excluding carboxylic acids is 2. The first kappa shape index (κ1) is 23.1. The van der Waals surface area contributed by atoms with Crippen LogP contribution in [0, 0.1) is 5.92 Å². The first-order valence-electron chi connectivity index (χ1n) is 10.0. The highest BCUT2D eigenvalue weighted by Crippen LogP contribution is 2.30. The van der Waals surface area contributed by atoms with Crippen molar-refractivity contribution in [2.75, 3.05) is 36.6 Å². The van der Waals surface area contributed by atoms with Gasteiger partial charge < -0.3 is 10.0 Å². The Morgan fingerprint density at radius 2 is 2.00 bits per heavy atom. The van der Waals surface area contributed by atoms with Crippen LogP contribution in [0.1, 0.15) is 36.0 Å². The molecule has 1 aliphatic rings. The van der Waals surface area contributed by atoms with Crippen LogP contribution < -0.4 is 10.2 Å². The van der Waals surface area contributed by atoms with E-state index in [1.807, 2.05) is 6.07 Å². The van der Waals surface area contributed by atoms with E-state index in [9.17, 15) is 14.4 Å². The summed E-state index contributed by atoms with van der Waals surface area (Å²) in [6.45, 7) is 0.567. The van der Waals surface area contributed by atoms with Gasteiger partial charge in [-0.05, 0) is 37.0 Å². The van der Waals surface area contributed by atoms with Gasteiger partial charge in [0.15, 0.2) is 5.13 Å². The number of urea groups is 1. The molecule has 0 unspecified atom stereocenters. The van der Waals surface area contributed by atoms with E-state index in [0.717, 1.165) is 41.7 Å². The zero-order valence-electron chi connectivity index (χ0n) is 17.5. The Balaban J connectivity index is 1.78. The van der Waals surface area contributed by atoms with Crippen LogP contribution in [-0.2, 0) is 4.79 Å². The number of benzene rings is 1. The molecule has 0 saturated heterocycles. The molecule has 31 heavy (non-hydrogen) atoms. The van der Waals surface area contributed by atoms with Crippen LogP contribution in [0.15, 0.2) is 34.7 Å². The monoisotopic (exact) mass is 462 g/mol. The van der Waals surface area contributed by atoms with Gasteiger partial charge in [0, 0.05) is 31.9 Å². The molecule has 1 heterocycles. The SMILES string of the molecule is CN(C)C(=O)c1cccc(N(CC2CCCC2)C(=O)Nc2ncc(SCC(=O)O)s2)c1. The van der Waals surface area contributed by atoms with Crippen LogP contribution in [0.25, 0.3) is 0 Å². The average molecular weight is 463 g/mol. The summed E-state index contributed by atoms with van der Waals surface area (Å²) in [5, 5.41) is 12.1. The smallest absolute Gasteiger partial charge is 0.328 e. The average Bonchev–Trinajstić information content (AvgIpc) is 3.41. The third-order valence-corrected chi connectivity index (χ3v) is 7.10. The maximum Gasteiger partial charge on any atom is 0.328 e. The zero-order valence-corrected chi connectivity index (χ0v) is 19.2. The summed E-state index contributed by atoms with van der Waals surface area (Å²) in [6.07, 6.45) is 6.04. The van der Waals surface area contributed by atoms with Crippen molar-refractivity contribution in [2.24, 2.45) is 5.92 Å². The minimum absolute atomic E-state index is 0.0594. The minimum atomic E-state index is -0.904. The van der Waals surface area contributed by atoms with E-state index in [2.05, 4.69) is 10.3 Å². The second-order valence-corrected chi connectivity index (χ2v) is 9.91. The fraction of sp³-hybridized carbons (Fsp3) is 0.429. The highest BCUT2D eigenvalue weighted by Gasteiger charge is 2.25. The molecular formula is C21H26N4O4S2. The molecule has 166 valence electrons. The number of thiazole rings is 1. The van der Waals surface area contributed by atoms with E-state index in [-0.39, 0.29) is 17.7 Å². The van der Waals surface area contributed by atoms with Crippen molar-refractivity contribution in [1.82, 2.24) is 9.88 Å². The zero-order chi connectivity index (χ0) is 22.4. The Morgan fingerprint density at radius 3 is 2.68 bits per heavy atom. The highest BCUT2D eigenvalue weighted by molar-refractivity contribution is 8.01. The van der Waals surface area contributed by atoms with Gasteiger partial charge >= 0.3 is 12.0 Å². The Bertz CT molecular complexity index is 941. The standard InChI is InChI=1S/C21H26N4O4S2/c1-24(2)19(28)15-8-5-9-16(10-15)25(12-14-6-3-4-7-14)21(29)23-20-22-11-18(31-20)30-13-17(26)27/h5,8-11,14H,3-4,6-7,12-13H2,1-2H3,(H,26,27)(H,22,23,29). The van der Waals surface area contributed by atoms with Crippen molar-refractivity contribution in [2.45, 2.75) is 29.9 Å². The molecule has 0 bridgehead atoms. The van der Waals surface area contributed by atoms with Gasteiger partial charge in [-0.2, -0.15) is 0 Å². The summed E-state index contributed by atoms with van der Waals surface area (Å²) in [5.74, 6) is -0.672. The molecule has 1 aromatic heterocycles. The fourth-order valence-corrected chi connectivity index (χ4v) is 5.08. The number of carboxylic acids is 1. The number of hydrogen-bond donors (Lipinski definition) is 2. The van der Waals surface area contributed by atoms with E-state index in [4.69, 9.17) is 5.11 Å². The molecule has 1 aliphatic carbocycles. The Morgan fingerprint density at radius 1 is 1.26 bits per heavy atom. The van der Waals surface area contributed by atoms with Crippen LogP contribution in [0.5, 0.6) is 0 Å². The van der Waals surface area contributed by atoms with Crippen molar-refractivity contribution < 1.29 is 19.5 Å². The number of anilines is 2. The van der Waals surface area contributed by atoms with Gasteiger partial charge in [-0.1, -0.05) is 30.2 Å². The van der Waals surface area contributed by atoms with Gasteiger partial charge in [-0.15, -0.1) is 11.8 Å². The molecule has 0 radical (unpaired) electrons. The van der Waals surface area contributed by atoms with Crippen LogP contribution in [0.3, 0.4) is 0 Å². The van der Waals surface area contributed by atoms with Crippen molar-refractivity contribution in [3.63, 3.8) is 0 Å². The Labute approximate surface area is 189 Å². The Kier molecular flexibility index (Phi) is 7.91. The first-order valence-corrected chi connectivity index (χ1v) is 11.8. The minimum Gasteiger partial charge on any atom is -0.481 e. The second kappa shape index (κ2) is 10.6. The molecule has 3 rings (SSSR count). The summed E-state index contributed by atoms with van der Waals surface area (Å²) in [4.78, 5) is 43.7. The van der Waals surface area contributed by atoms with Gasteiger partial charge in [-0.25, -0.2) is 9.78 Å². The molecule has 2 N–H and O–H groups in total. The number of aromatic nitrogens is 1. The molecule has 2 aromatic rings. The summed E-state index contributed by atoms with van der Waals surface area (Å²) in [6, 6.07) is 6.78. The van der Waals surface area contributed by atoms with E-state index >= 15 is 0 Å². The molecule has 0 spiro atoms. The third kappa shape index (κ3) is 6.44. The largest absolute Gasteiger partial charge is 0.481 e. The van der Waals surface area contributed by atoms with Crippen LogP contribution in [0.4, 0.5) is 15.6 Å². The lowest BCUT2D eigenvalue weighted by molar-refractivity contribution is -0.133. The number of nitrogens with zero attached hydrogens (tertiary/aromatic N) is 3. The van der Waals surface area contributed by atoms with Gasteiger partial charge in [0.1, 0.15) is 0 Å². The molecule has 1 saturated carbocycles. The lowest BCUT2D eigenvalue weighted by Crippen LogP contribution is -2.38. The van der Waals surface area contributed by atoms with Crippen LogP contribution in [0.2, 0.25) is 0 Å². The number of aliphatic carboxylic acids is 1. The normalized spacial score (nSPS) is 13.7. The van der Waals surface area contributed by atoms with Gasteiger partial charge in [0.05, 0.1) is 16.2 Å². The molecule has 10 heteroatoms. The number of amides is 3. The number of carboxylic acid groups (broad SMARTS) is 1. The summed E-state index contributed by atoms with van der Waals surface area (Å²) < 4.78 is 0.721. The molecule has 3 amide bonds. The number of rotatable bonds is 8. The van der Waals surface area contributed by atoms with Crippen LogP contribution >= 0.6 is 23.1 Å². The van der Waals surface area contributed by atoms with E-state index in [0.29, 0.717) is 28.8 Å². The number of nitrogens with one attached hydrogen (secondary N) is 1. The third-order valence-electron chi connectivity index (χ3n) is 5.01. The maximum absolute atomic E-state index is 13.2. The number of carbonyl (C=O) groups is 3. The second-order valence-electron chi connectivity index (χ2n) is 7.61. The highest BCUT2D eigenvalue weighted by atomic mass is 32.2. The van der Waals surface area contributed by atoms with Crippen molar-refractivity contribution in [3.05, 3.63) is 36.0 Å². The quantitative estimate of drug-likeness (QED) is 0.569. The van der Waals surface area contributed by atoms with Crippen LogP contribution in [-0.4, -0.2) is 59.3 Å². The lowest BCUT2D eigenvalue weighted by atomic mass is 10.1. The molecule has 0 atom stereocenters. The fourth-order valence-electron chi connectivity index (χ4n) is 3.50. The molecule has 1 fully saturated rings. The topological polar surface area (TPSA) is 103 Å². The number of hydrogen-bond acceptors (Lipinski definition) is 6. The molecule has 0 aliphatic heterocycles. The van der Waals surface area contributed by atoms with Gasteiger partial charge in [0.25, 0.3) is 5.91 Å². The predicted molar refractivity (Wildman–Crippen MR) is 123 cm³/mol. The maximum atomic E-state index is 13.2. The summed E-state index contributed by atoms with van der Waals surface area (Å²) in [7, 11) is 3.39. The van der Waals surface area contributed by atoms with Crippen molar-refractivity contribution in [3.8, 4) is 0 Å². The van der Waals surface area contributed by atoms with Crippen molar-refractivity contribution >= 4 is 51.8 Å². The number of thioether (sulfide) groups is 1. The van der Waals surface area contributed by atoms with E-state index in [1.54, 1.807) is 43.4 Å². The van der Waals surface area contributed by atoms with Gasteiger partial charge in [-0.3, -0.25) is 19.8 Å². The van der Waals surface area contributed by atoms with Gasteiger partial charge in [0.2, 0.25) is 0 Å². The molecular weight excluding hydrogens is 436 g/mol. The van der Waals surface area contributed by atoms with Crippen molar-refractivity contribution in [1.29, 1.82) is 0 Å². The molecule has 1 aromatic carbocycles. The molecule has 8 nitrogen and oxygen atoms in total. The Hall–Kier alpha value is -2.59. The lowest BCUT2D eigenvalue weighted by Gasteiger charge is -2.26. The first-order chi connectivity index (χ1) is 14.8. The summed E-state index contributed by atoms with van der Waals surface area (Å²) >= 11 is 2.40. The van der Waals surface area contributed by atoms with E-state index < -0.39 is 5.97 Å².